The van der Waals surface area contributed by atoms with Crippen LogP contribution in [-0.4, -0.2) is 25.7 Å². The molecule has 3 rings (SSSR count). The Morgan fingerprint density at radius 2 is 1.80 bits per heavy atom. The minimum absolute atomic E-state index is 0.171. The van der Waals surface area contributed by atoms with E-state index in [0.717, 1.165) is 43.0 Å². The third kappa shape index (κ3) is 5.07. The van der Waals surface area contributed by atoms with E-state index < -0.39 is 0 Å². The van der Waals surface area contributed by atoms with Gasteiger partial charge in [-0.25, -0.2) is 0 Å². The van der Waals surface area contributed by atoms with Gasteiger partial charge in [-0.05, 0) is 68.6 Å². The number of ether oxygens (including phenoxy) is 2. The molecule has 2 aromatic carbocycles. The summed E-state index contributed by atoms with van der Waals surface area (Å²) >= 11 is 0. The number of hydrogen-bond acceptors (Lipinski definition) is 4. The van der Waals surface area contributed by atoms with Crippen LogP contribution < -0.4 is 10.1 Å². The first kappa shape index (κ1) is 17.5. The highest BCUT2D eigenvalue weighted by Crippen LogP contribution is 2.26. The van der Waals surface area contributed by atoms with Gasteiger partial charge in [-0.2, -0.15) is 0 Å². The topological polar surface area (TPSA) is 47.6 Å². The van der Waals surface area contributed by atoms with Crippen molar-refractivity contribution in [1.29, 1.82) is 0 Å². The molecule has 1 heterocycles. The maximum absolute atomic E-state index is 12.4. The second-order valence-electron chi connectivity index (χ2n) is 6.53. The summed E-state index contributed by atoms with van der Waals surface area (Å²) in [6, 6.07) is 17.3. The molecule has 1 fully saturated rings. The normalized spacial score (nSPS) is 16.2. The van der Waals surface area contributed by atoms with Crippen molar-refractivity contribution in [2.75, 3.05) is 19.7 Å². The zero-order chi connectivity index (χ0) is 17.5. The molecule has 0 spiro atoms. The smallest absolute Gasteiger partial charge is 0.313 e. The van der Waals surface area contributed by atoms with Gasteiger partial charge >= 0.3 is 5.97 Å². The van der Waals surface area contributed by atoms with Crippen LogP contribution in [0.1, 0.15) is 31.2 Å². The Hall–Kier alpha value is -2.33. The maximum atomic E-state index is 12.4. The van der Waals surface area contributed by atoms with E-state index in [2.05, 4.69) is 5.32 Å². The second kappa shape index (κ2) is 8.67. The summed E-state index contributed by atoms with van der Waals surface area (Å²) in [6.45, 7) is 4.42. The van der Waals surface area contributed by atoms with E-state index in [9.17, 15) is 4.79 Å². The van der Waals surface area contributed by atoms with Crippen LogP contribution >= 0.6 is 0 Å². The number of rotatable bonds is 6. The monoisotopic (exact) mass is 339 g/mol. The molecule has 132 valence electrons. The number of benzene rings is 2. The van der Waals surface area contributed by atoms with Crippen LogP contribution in [0.2, 0.25) is 0 Å². The zero-order valence-corrected chi connectivity index (χ0v) is 14.6. The van der Waals surface area contributed by atoms with Crippen LogP contribution in [0.3, 0.4) is 0 Å². The van der Waals surface area contributed by atoms with Gasteiger partial charge in [0.15, 0.2) is 0 Å². The minimum atomic E-state index is -0.305. The summed E-state index contributed by atoms with van der Waals surface area (Å²) in [5.74, 6) is 1.50. The molecule has 0 saturated carbocycles. The molecule has 0 aromatic heterocycles. The lowest BCUT2D eigenvalue weighted by atomic mass is 9.99. The summed E-state index contributed by atoms with van der Waals surface area (Å²) in [4.78, 5) is 12.4. The number of hydrogen-bond donors (Lipinski definition) is 1. The number of piperidine rings is 1. The van der Waals surface area contributed by atoms with Crippen LogP contribution in [0.4, 0.5) is 0 Å². The highest BCUT2D eigenvalue weighted by atomic mass is 16.5. The Balaban J connectivity index is 1.58. The molecule has 4 heteroatoms. The Bertz CT molecular complexity index is 681. The lowest BCUT2D eigenvalue weighted by Gasteiger charge is -2.23. The van der Waals surface area contributed by atoms with Gasteiger partial charge in [0.2, 0.25) is 0 Å². The second-order valence-corrected chi connectivity index (χ2v) is 6.53. The quantitative estimate of drug-likeness (QED) is 0.804. The number of para-hydroxylation sites is 1. The molecule has 2 aromatic rings. The summed E-state index contributed by atoms with van der Waals surface area (Å²) in [7, 11) is 0. The van der Waals surface area contributed by atoms with Gasteiger partial charge in [0.1, 0.15) is 11.5 Å². The number of carbonyl (C=O) groups is 1. The van der Waals surface area contributed by atoms with E-state index in [1.165, 1.54) is 0 Å². The standard InChI is InChI=1S/C21H25NO3/c1-16(21(23)24-15-17-10-12-22-13-11-17)18-6-5-9-20(14-18)25-19-7-3-2-4-8-19/h2-9,14,16-17,22H,10-13,15H2,1H3. The molecule has 1 N–H and O–H groups in total. The fourth-order valence-corrected chi connectivity index (χ4v) is 2.98. The van der Waals surface area contributed by atoms with Crippen molar-refractivity contribution < 1.29 is 14.3 Å². The molecule has 25 heavy (non-hydrogen) atoms. The molecular formula is C21H25NO3. The molecule has 0 radical (unpaired) electrons. The van der Waals surface area contributed by atoms with E-state index in [1.54, 1.807) is 0 Å². The van der Waals surface area contributed by atoms with Crippen molar-refractivity contribution in [2.45, 2.75) is 25.7 Å². The summed E-state index contributed by atoms with van der Waals surface area (Å²) in [5, 5.41) is 3.32. The van der Waals surface area contributed by atoms with Gasteiger partial charge in [0.05, 0.1) is 12.5 Å². The van der Waals surface area contributed by atoms with Crippen molar-refractivity contribution in [2.24, 2.45) is 5.92 Å². The Labute approximate surface area is 149 Å². The fourth-order valence-electron chi connectivity index (χ4n) is 2.98. The van der Waals surface area contributed by atoms with E-state index in [4.69, 9.17) is 9.47 Å². The first-order valence-electron chi connectivity index (χ1n) is 8.92. The Morgan fingerprint density at radius 3 is 2.56 bits per heavy atom. The van der Waals surface area contributed by atoms with Gasteiger partial charge < -0.3 is 14.8 Å². The van der Waals surface area contributed by atoms with Crippen molar-refractivity contribution in [3.63, 3.8) is 0 Å². The van der Waals surface area contributed by atoms with Crippen molar-refractivity contribution in [3.8, 4) is 11.5 Å². The Kier molecular flexibility index (Phi) is 6.07. The molecule has 1 saturated heterocycles. The summed E-state index contributed by atoms with van der Waals surface area (Å²) in [5.41, 5.74) is 0.906. The minimum Gasteiger partial charge on any atom is -0.465 e. The molecule has 1 aliphatic rings. The maximum Gasteiger partial charge on any atom is 0.313 e. The fraction of sp³-hybridized carbons (Fsp3) is 0.381. The van der Waals surface area contributed by atoms with E-state index in [1.807, 2.05) is 61.5 Å². The van der Waals surface area contributed by atoms with Gasteiger partial charge in [-0.3, -0.25) is 4.79 Å². The van der Waals surface area contributed by atoms with Crippen LogP contribution in [-0.2, 0) is 9.53 Å². The van der Waals surface area contributed by atoms with Crippen molar-refractivity contribution in [1.82, 2.24) is 5.32 Å². The van der Waals surface area contributed by atoms with E-state index in [-0.39, 0.29) is 11.9 Å². The molecule has 0 bridgehead atoms. The van der Waals surface area contributed by atoms with Crippen LogP contribution in [0.15, 0.2) is 54.6 Å². The van der Waals surface area contributed by atoms with Crippen molar-refractivity contribution in [3.05, 3.63) is 60.2 Å². The average Bonchev–Trinajstić information content (AvgIpc) is 2.67. The predicted molar refractivity (Wildman–Crippen MR) is 97.9 cm³/mol. The van der Waals surface area contributed by atoms with Gasteiger partial charge in [0.25, 0.3) is 0 Å². The lowest BCUT2D eigenvalue weighted by Crippen LogP contribution is -2.31. The number of carbonyl (C=O) groups excluding carboxylic acids is 1. The molecule has 1 aliphatic heterocycles. The van der Waals surface area contributed by atoms with E-state index in [0.29, 0.717) is 12.5 Å². The van der Waals surface area contributed by atoms with Crippen molar-refractivity contribution >= 4 is 5.97 Å². The first-order chi connectivity index (χ1) is 12.2. The van der Waals surface area contributed by atoms with Gasteiger partial charge in [-0.1, -0.05) is 30.3 Å². The summed E-state index contributed by atoms with van der Waals surface area (Å²) in [6.07, 6.45) is 2.14. The molecule has 1 atom stereocenters. The molecule has 1 unspecified atom stereocenters. The Morgan fingerprint density at radius 1 is 1.08 bits per heavy atom. The molecule has 4 nitrogen and oxygen atoms in total. The zero-order valence-electron chi connectivity index (χ0n) is 14.6. The van der Waals surface area contributed by atoms with Crippen LogP contribution in [0.25, 0.3) is 0 Å². The largest absolute Gasteiger partial charge is 0.465 e. The molecule has 0 aliphatic carbocycles. The highest BCUT2D eigenvalue weighted by Gasteiger charge is 2.20. The third-order valence-corrected chi connectivity index (χ3v) is 4.61. The molecular weight excluding hydrogens is 314 g/mol. The number of esters is 1. The SMILES string of the molecule is CC(C(=O)OCC1CCNCC1)c1cccc(Oc2ccccc2)c1. The predicted octanol–water partition coefficient (Wildman–Crippen LogP) is 4.13. The lowest BCUT2D eigenvalue weighted by molar-refractivity contribution is -0.146. The third-order valence-electron chi connectivity index (χ3n) is 4.61. The first-order valence-corrected chi connectivity index (χ1v) is 8.92. The molecule has 0 amide bonds. The highest BCUT2D eigenvalue weighted by molar-refractivity contribution is 5.77. The average molecular weight is 339 g/mol. The van der Waals surface area contributed by atoms with Crippen LogP contribution in [0.5, 0.6) is 11.5 Å². The van der Waals surface area contributed by atoms with Crippen LogP contribution in [0, 0.1) is 5.92 Å². The van der Waals surface area contributed by atoms with Gasteiger partial charge in [-0.15, -0.1) is 0 Å². The van der Waals surface area contributed by atoms with Gasteiger partial charge in [0, 0.05) is 0 Å². The summed E-state index contributed by atoms with van der Waals surface area (Å²) < 4.78 is 11.4. The number of nitrogens with one attached hydrogen (secondary N) is 1. The van der Waals surface area contributed by atoms with E-state index >= 15 is 0 Å².